The first kappa shape index (κ1) is 15.4. The van der Waals surface area contributed by atoms with E-state index in [0.29, 0.717) is 6.42 Å². The maximum absolute atomic E-state index is 10.1. The van der Waals surface area contributed by atoms with E-state index in [1.807, 2.05) is 30.3 Å². The van der Waals surface area contributed by atoms with Crippen LogP contribution in [0.2, 0.25) is 0 Å². The summed E-state index contributed by atoms with van der Waals surface area (Å²) in [7, 11) is 1.50. The summed E-state index contributed by atoms with van der Waals surface area (Å²) < 4.78 is 11.1. The van der Waals surface area contributed by atoms with Gasteiger partial charge in [0.2, 0.25) is 0 Å². The summed E-state index contributed by atoms with van der Waals surface area (Å²) in [5.41, 5.74) is 1.08. The molecule has 1 heterocycles. The van der Waals surface area contributed by atoms with Gasteiger partial charge >= 0.3 is 0 Å². The highest BCUT2D eigenvalue weighted by Gasteiger charge is 2.44. The van der Waals surface area contributed by atoms with Crippen LogP contribution < -0.4 is 0 Å². The minimum atomic E-state index is -0.936. The van der Waals surface area contributed by atoms with Gasteiger partial charge in [0.1, 0.15) is 12.2 Å². The molecular weight excluding hydrogens is 260 g/mol. The van der Waals surface area contributed by atoms with Crippen LogP contribution in [0.15, 0.2) is 30.3 Å². The van der Waals surface area contributed by atoms with Crippen molar-refractivity contribution in [1.29, 1.82) is 0 Å². The Labute approximate surface area is 118 Å². The van der Waals surface area contributed by atoms with Gasteiger partial charge in [0.25, 0.3) is 0 Å². The van der Waals surface area contributed by atoms with E-state index >= 15 is 0 Å². The number of hydrogen-bond donors (Lipinski definition) is 3. The van der Waals surface area contributed by atoms with Gasteiger partial charge in [-0.3, -0.25) is 0 Å². The predicted octanol–water partition coefficient (Wildman–Crippen LogP) is -0.0268. The fourth-order valence-electron chi connectivity index (χ4n) is 2.81. The van der Waals surface area contributed by atoms with Gasteiger partial charge in [-0.25, -0.2) is 0 Å². The third-order valence-corrected chi connectivity index (χ3v) is 3.91. The van der Waals surface area contributed by atoms with Crippen LogP contribution >= 0.6 is 0 Å². The number of rotatable bonds is 5. The van der Waals surface area contributed by atoms with E-state index in [1.54, 1.807) is 0 Å². The summed E-state index contributed by atoms with van der Waals surface area (Å²) in [6, 6.07) is 9.79. The molecule has 1 aromatic rings. The van der Waals surface area contributed by atoms with Gasteiger partial charge < -0.3 is 24.8 Å². The molecule has 0 amide bonds. The molecule has 1 saturated heterocycles. The van der Waals surface area contributed by atoms with Crippen LogP contribution in [-0.4, -0.2) is 60.1 Å². The lowest BCUT2D eigenvalue weighted by Crippen LogP contribution is -2.57. The highest BCUT2D eigenvalue weighted by Crippen LogP contribution is 2.30. The smallest absolute Gasteiger partial charge is 0.109 e. The number of hydrogen-bond acceptors (Lipinski definition) is 5. The SMILES string of the molecule is CO[C@H]1[C@H](O)[C@@H](CO)O[C@@H](Cc2ccccc2)[C@@H]1CO. The minimum Gasteiger partial charge on any atom is -0.396 e. The third-order valence-electron chi connectivity index (χ3n) is 3.91. The monoisotopic (exact) mass is 282 g/mol. The van der Waals surface area contributed by atoms with Crippen molar-refractivity contribution in [1.82, 2.24) is 0 Å². The number of aliphatic hydroxyl groups is 3. The standard InChI is InChI=1S/C15H22O5/c1-19-15-11(8-16)12(20-13(9-17)14(15)18)7-10-5-3-2-4-6-10/h2-6,11-18H,7-9H2,1H3/t11-,12-,13+,14+,15+/m0/s1. The number of aliphatic hydroxyl groups excluding tert-OH is 3. The Kier molecular flexibility index (Phi) is 5.51. The van der Waals surface area contributed by atoms with E-state index < -0.39 is 18.3 Å². The van der Waals surface area contributed by atoms with E-state index in [2.05, 4.69) is 0 Å². The van der Waals surface area contributed by atoms with Crippen LogP contribution in [-0.2, 0) is 15.9 Å². The van der Waals surface area contributed by atoms with Crippen molar-refractivity contribution in [3.05, 3.63) is 35.9 Å². The van der Waals surface area contributed by atoms with E-state index in [4.69, 9.17) is 9.47 Å². The molecule has 0 saturated carbocycles. The second-order valence-corrected chi connectivity index (χ2v) is 5.12. The average Bonchev–Trinajstić information content (AvgIpc) is 2.49. The summed E-state index contributed by atoms with van der Waals surface area (Å²) >= 11 is 0. The second-order valence-electron chi connectivity index (χ2n) is 5.12. The van der Waals surface area contributed by atoms with Crippen molar-refractivity contribution in [3.8, 4) is 0 Å². The van der Waals surface area contributed by atoms with Crippen molar-refractivity contribution in [2.45, 2.75) is 30.8 Å². The predicted molar refractivity (Wildman–Crippen MR) is 73.3 cm³/mol. The summed E-state index contributed by atoms with van der Waals surface area (Å²) in [5, 5.41) is 29.0. The quantitative estimate of drug-likeness (QED) is 0.707. The topological polar surface area (TPSA) is 79.2 Å². The summed E-state index contributed by atoms with van der Waals surface area (Å²) in [5.74, 6) is -0.321. The molecule has 0 radical (unpaired) electrons. The van der Waals surface area contributed by atoms with Gasteiger partial charge in [-0.15, -0.1) is 0 Å². The van der Waals surface area contributed by atoms with Crippen molar-refractivity contribution < 1.29 is 24.8 Å². The molecular formula is C15H22O5. The Morgan fingerprint density at radius 2 is 1.80 bits per heavy atom. The number of ether oxygens (including phenoxy) is 2. The zero-order chi connectivity index (χ0) is 14.5. The lowest BCUT2D eigenvalue weighted by Gasteiger charge is -2.43. The Hall–Kier alpha value is -0.980. The molecule has 0 spiro atoms. The zero-order valence-corrected chi connectivity index (χ0v) is 11.6. The average molecular weight is 282 g/mol. The summed E-state index contributed by atoms with van der Waals surface area (Å²) in [4.78, 5) is 0. The molecule has 112 valence electrons. The largest absolute Gasteiger partial charge is 0.396 e. The molecule has 5 heteroatoms. The molecule has 5 nitrogen and oxygen atoms in total. The Bertz CT molecular complexity index is 397. The maximum atomic E-state index is 10.1. The van der Waals surface area contributed by atoms with Crippen LogP contribution in [0.25, 0.3) is 0 Å². The molecule has 20 heavy (non-hydrogen) atoms. The van der Waals surface area contributed by atoms with E-state index in [0.717, 1.165) is 5.56 Å². The first-order valence-electron chi connectivity index (χ1n) is 6.83. The number of benzene rings is 1. The van der Waals surface area contributed by atoms with E-state index in [-0.39, 0.29) is 25.2 Å². The van der Waals surface area contributed by atoms with Gasteiger partial charge in [0, 0.05) is 13.0 Å². The molecule has 1 aromatic carbocycles. The van der Waals surface area contributed by atoms with E-state index in [1.165, 1.54) is 7.11 Å². The molecule has 0 aliphatic carbocycles. The van der Waals surface area contributed by atoms with Gasteiger partial charge in [-0.1, -0.05) is 30.3 Å². The molecule has 5 atom stereocenters. The highest BCUT2D eigenvalue weighted by molar-refractivity contribution is 5.16. The fourth-order valence-corrected chi connectivity index (χ4v) is 2.81. The number of methoxy groups -OCH3 is 1. The lowest BCUT2D eigenvalue weighted by molar-refractivity contribution is -0.221. The fraction of sp³-hybridized carbons (Fsp3) is 0.600. The first-order valence-corrected chi connectivity index (χ1v) is 6.83. The van der Waals surface area contributed by atoms with Crippen molar-refractivity contribution in [3.63, 3.8) is 0 Å². The second kappa shape index (κ2) is 7.15. The molecule has 1 aliphatic heterocycles. The molecule has 0 bridgehead atoms. The zero-order valence-electron chi connectivity index (χ0n) is 11.6. The molecule has 1 fully saturated rings. The van der Waals surface area contributed by atoms with Crippen molar-refractivity contribution in [2.24, 2.45) is 5.92 Å². The van der Waals surface area contributed by atoms with Gasteiger partial charge in [0.05, 0.1) is 25.4 Å². The minimum absolute atomic E-state index is 0.134. The molecule has 0 unspecified atom stereocenters. The molecule has 0 aromatic heterocycles. The Morgan fingerprint density at radius 3 is 2.35 bits per heavy atom. The molecule has 1 aliphatic rings. The van der Waals surface area contributed by atoms with Crippen LogP contribution in [0.1, 0.15) is 5.56 Å². The van der Waals surface area contributed by atoms with Gasteiger partial charge in [-0.05, 0) is 12.0 Å². The molecule has 2 rings (SSSR count). The Balaban J connectivity index is 2.16. The summed E-state index contributed by atoms with van der Waals surface area (Å²) in [6.07, 6.45) is -1.85. The van der Waals surface area contributed by atoms with Crippen LogP contribution in [0.3, 0.4) is 0 Å². The van der Waals surface area contributed by atoms with E-state index in [9.17, 15) is 15.3 Å². The van der Waals surface area contributed by atoms with Gasteiger partial charge in [-0.2, -0.15) is 0 Å². The van der Waals surface area contributed by atoms with Crippen LogP contribution in [0.5, 0.6) is 0 Å². The van der Waals surface area contributed by atoms with Crippen molar-refractivity contribution in [2.75, 3.05) is 20.3 Å². The highest BCUT2D eigenvalue weighted by atomic mass is 16.5. The first-order chi connectivity index (χ1) is 9.71. The van der Waals surface area contributed by atoms with Gasteiger partial charge in [0.15, 0.2) is 0 Å². The lowest BCUT2D eigenvalue weighted by atomic mass is 9.84. The third kappa shape index (κ3) is 3.19. The maximum Gasteiger partial charge on any atom is 0.109 e. The van der Waals surface area contributed by atoms with Crippen molar-refractivity contribution >= 4 is 0 Å². The van der Waals surface area contributed by atoms with Crippen LogP contribution in [0, 0.1) is 5.92 Å². The summed E-state index contributed by atoms with van der Waals surface area (Å²) in [6.45, 7) is -0.407. The normalized spacial score (nSPS) is 34.1. The molecule has 3 N–H and O–H groups in total. The van der Waals surface area contributed by atoms with Crippen LogP contribution in [0.4, 0.5) is 0 Å². The Morgan fingerprint density at radius 1 is 1.10 bits per heavy atom.